The van der Waals surface area contributed by atoms with Gasteiger partial charge in [-0.05, 0) is 60.1 Å². The Balaban J connectivity index is 2.21. The molecule has 1 fully saturated rings. The Bertz CT molecular complexity index is 378. The van der Waals surface area contributed by atoms with Crippen molar-refractivity contribution in [2.24, 2.45) is 0 Å². The molecule has 17 heavy (non-hydrogen) atoms. The van der Waals surface area contributed by atoms with Gasteiger partial charge in [0.25, 0.3) is 0 Å². The molecule has 1 aromatic carbocycles. The first-order valence-electron chi connectivity index (χ1n) is 6.00. The summed E-state index contributed by atoms with van der Waals surface area (Å²) in [6.07, 6.45) is 2.50. The number of likely N-dealkylation sites (N-methyl/N-ethyl adjacent to an activating group) is 1. The maximum atomic E-state index is 5.26. The number of ether oxygens (including phenoxy) is 1. The summed E-state index contributed by atoms with van der Waals surface area (Å²) >= 11 is 3.54. The van der Waals surface area contributed by atoms with Crippen LogP contribution in [-0.2, 0) is 0 Å². The van der Waals surface area contributed by atoms with E-state index in [0.29, 0.717) is 12.1 Å². The monoisotopic (exact) mass is 298 g/mol. The molecule has 1 aliphatic rings. The van der Waals surface area contributed by atoms with Crippen molar-refractivity contribution >= 4 is 15.9 Å². The molecular weight excluding hydrogens is 280 g/mol. The molecule has 2 rings (SSSR count). The minimum atomic E-state index is 0.361. The molecule has 0 bridgehead atoms. The molecule has 3 nitrogen and oxygen atoms in total. The molecule has 0 aliphatic carbocycles. The number of rotatable bonds is 4. The molecule has 0 spiro atoms. The molecule has 0 aromatic heterocycles. The van der Waals surface area contributed by atoms with Crippen LogP contribution < -0.4 is 15.4 Å². The van der Waals surface area contributed by atoms with E-state index in [1.807, 2.05) is 13.1 Å². The maximum absolute atomic E-state index is 5.26. The van der Waals surface area contributed by atoms with Crippen LogP contribution in [-0.4, -0.2) is 26.7 Å². The Hall–Kier alpha value is -0.580. The van der Waals surface area contributed by atoms with E-state index in [2.05, 4.69) is 38.7 Å². The topological polar surface area (TPSA) is 33.3 Å². The van der Waals surface area contributed by atoms with Gasteiger partial charge in [-0.15, -0.1) is 0 Å². The highest BCUT2D eigenvalue weighted by atomic mass is 79.9. The molecule has 1 aliphatic heterocycles. The summed E-state index contributed by atoms with van der Waals surface area (Å²) in [4.78, 5) is 0. The summed E-state index contributed by atoms with van der Waals surface area (Å²) in [7, 11) is 3.71. The molecule has 0 saturated carbocycles. The lowest BCUT2D eigenvalue weighted by Gasteiger charge is -2.24. The van der Waals surface area contributed by atoms with E-state index < -0.39 is 0 Å². The first kappa shape index (κ1) is 12.9. The second kappa shape index (κ2) is 5.85. The van der Waals surface area contributed by atoms with Gasteiger partial charge in [-0.3, -0.25) is 0 Å². The van der Waals surface area contributed by atoms with Crippen LogP contribution in [0.15, 0.2) is 22.7 Å². The van der Waals surface area contributed by atoms with Crippen LogP contribution in [0.1, 0.15) is 24.4 Å². The van der Waals surface area contributed by atoms with E-state index in [9.17, 15) is 0 Å². The molecular formula is C13H19BrN2O. The fourth-order valence-corrected chi connectivity index (χ4v) is 3.03. The van der Waals surface area contributed by atoms with Crippen LogP contribution >= 0.6 is 15.9 Å². The Morgan fingerprint density at radius 3 is 2.88 bits per heavy atom. The van der Waals surface area contributed by atoms with Crippen molar-refractivity contribution in [1.82, 2.24) is 10.6 Å². The largest absolute Gasteiger partial charge is 0.496 e. The normalized spacial score (nSPS) is 21.5. The third-order valence-electron chi connectivity index (χ3n) is 3.35. The van der Waals surface area contributed by atoms with E-state index in [0.717, 1.165) is 16.8 Å². The van der Waals surface area contributed by atoms with E-state index in [-0.39, 0.29) is 0 Å². The molecule has 1 heterocycles. The summed E-state index contributed by atoms with van der Waals surface area (Å²) in [5.74, 6) is 0.878. The molecule has 2 atom stereocenters. The molecule has 94 valence electrons. The van der Waals surface area contributed by atoms with Gasteiger partial charge in [0.05, 0.1) is 11.6 Å². The van der Waals surface area contributed by atoms with Gasteiger partial charge >= 0.3 is 0 Å². The van der Waals surface area contributed by atoms with Crippen LogP contribution in [0.25, 0.3) is 0 Å². The molecule has 0 radical (unpaired) electrons. The Labute approximate surface area is 111 Å². The quantitative estimate of drug-likeness (QED) is 0.896. The van der Waals surface area contributed by atoms with Crippen molar-refractivity contribution in [1.29, 1.82) is 0 Å². The van der Waals surface area contributed by atoms with Crippen LogP contribution in [0.3, 0.4) is 0 Å². The van der Waals surface area contributed by atoms with Gasteiger partial charge in [0.15, 0.2) is 0 Å². The predicted molar refractivity (Wildman–Crippen MR) is 73.5 cm³/mol. The zero-order valence-corrected chi connectivity index (χ0v) is 11.9. The van der Waals surface area contributed by atoms with E-state index >= 15 is 0 Å². The van der Waals surface area contributed by atoms with E-state index in [1.54, 1.807) is 7.11 Å². The fourth-order valence-electron chi connectivity index (χ4n) is 2.47. The number of nitrogens with one attached hydrogen (secondary N) is 2. The summed E-state index contributed by atoms with van der Waals surface area (Å²) in [5.41, 5.74) is 1.29. The Morgan fingerprint density at radius 1 is 1.53 bits per heavy atom. The average Bonchev–Trinajstić information content (AvgIpc) is 2.84. The summed E-state index contributed by atoms with van der Waals surface area (Å²) in [6.45, 7) is 1.13. The molecule has 4 heteroatoms. The first-order valence-corrected chi connectivity index (χ1v) is 6.79. The van der Waals surface area contributed by atoms with Crippen molar-refractivity contribution in [2.45, 2.75) is 24.9 Å². The van der Waals surface area contributed by atoms with E-state index in [4.69, 9.17) is 4.74 Å². The SMILES string of the molecule is CNC(c1ccc(OC)c(Br)c1)C1CCCN1. The highest BCUT2D eigenvalue weighted by Gasteiger charge is 2.24. The number of benzene rings is 1. The minimum absolute atomic E-state index is 0.361. The van der Waals surface area contributed by atoms with Gasteiger partial charge in [0.2, 0.25) is 0 Å². The molecule has 2 unspecified atom stereocenters. The average molecular weight is 299 g/mol. The maximum Gasteiger partial charge on any atom is 0.133 e. The second-order valence-electron chi connectivity index (χ2n) is 4.36. The van der Waals surface area contributed by atoms with Gasteiger partial charge < -0.3 is 15.4 Å². The second-order valence-corrected chi connectivity index (χ2v) is 5.22. The lowest BCUT2D eigenvalue weighted by molar-refractivity contribution is 0.410. The van der Waals surface area contributed by atoms with E-state index in [1.165, 1.54) is 18.4 Å². The zero-order chi connectivity index (χ0) is 12.3. The molecule has 2 N–H and O–H groups in total. The fraction of sp³-hybridized carbons (Fsp3) is 0.538. The van der Waals surface area contributed by atoms with Crippen molar-refractivity contribution in [3.05, 3.63) is 28.2 Å². The van der Waals surface area contributed by atoms with Crippen LogP contribution in [0.2, 0.25) is 0 Å². The smallest absolute Gasteiger partial charge is 0.133 e. The zero-order valence-electron chi connectivity index (χ0n) is 10.3. The molecule has 1 saturated heterocycles. The van der Waals surface area contributed by atoms with Crippen molar-refractivity contribution in [3.8, 4) is 5.75 Å². The van der Waals surface area contributed by atoms with Crippen LogP contribution in [0.4, 0.5) is 0 Å². The number of halogens is 1. The van der Waals surface area contributed by atoms with Gasteiger partial charge in [-0.1, -0.05) is 6.07 Å². The Morgan fingerprint density at radius 2 is 2.35 bits per heavy atom. The summed E-state index contributed by atoms with van der Waals surface area (Å²) < 4.78 is 6.27. The molecule has 1 aromatic rings. The first-order chi connectivity index (χ1) is 8.26. The molecule has 0 amide bonds. The van der Waals surface area contributed by atoms with Gasteiger partial charge in [-0.25, -0.2) is 0 Å². The van der Waals surface area contributed by atoms with Gasteiger partial charge in [0.1, 0.15) is 5.75 Å². The highest BCUT2D eigenvalue weighted by Crippen LogP contribution is 2.30. The van der Waals surface area contributed by atoms with Crippen LogP contribution in [0.5, 0.6) is 5.75 Å². The van der Waals surface area contributed by atoms with Crippen molar-refractivity contribution in [3.63, 3.8) is 0 Å². The minimum Gasteiger partial charge on any atom is -0.496 e. The van der Waals surface area contributed by atoms with Gasteiger partial charge in [-0.2, -0.15) is 0 Å². The number of hydrogen-bond donors (Lipinski definition) is 2. The highest BCUT2D eigenvalue weighted by molar-refractivity contribution is 9.10. The predicted octanol–water partition coefficient (Wildman–Crippen LogP) is 2.47. The third-order valence-corrected chi connectivity index (χ3v) is 3.97. The van der Waals surface area contributed by atoms with Gasteiger partial charge in [0, 0.05) is 12.1 Å². The van der Waals surface area contributed by atoms with Crippen molar-refractivity contribution < 1.29 is 4.74 Å². The lowest BCUT2D eigenvalue weighted by Crippen LogP contribution is -2.36. The number of hydrogen-bond acceptors (Lipinski definition) is 3. The van der Waals surface area contributed by atoms with Crippen molar-refractivity contribution in [2.75, 3.05) is 20.7 Å². The standard InChI is InChI=1S/C13H19BrN2O/c1-15-13(11-4-3-7-16-11)9-5-6-12(17-2)10(14)8-9/h5-6,8,11,13,15-16H,3-4,7H2,1-2H3. The Kier molecular flexibility index (Phi) is 4.42. The summed E-state index contributed by atoms with van der Waals surface area (Å²) in [6, 6.07) is 7.17. The number of methoxy groups -OCH3 is 1. The third kappa shape index (κ3) is 2.81. The summed E-state index contributed by atoms with van der Waals surface area (Å²) in [5, 5.41) is 6.95. The lowest BCUT2D eigenvalue weighted by atomic mass is 9.98. The van der Waals surface area contributed by atoms with Crippen LogP contribution in [0, 0.1) is 0 Å².